The molecule has 0 atom stereocenters. The Balaban J connectivity index is 0.00000312. The molecule has 142 valence electrons. The molecule has 2 heterocycles. The summed E-state index contributed by atoms with van der Waals surface area (Å²) in [7, 11) is -3.17. The molecule has 0 radical (unpaired) electrons. The minimum atomic E-state index is -3.17. The summed E-state index contributed by atoms with van der Waals surface area (Å²) in [4.78, 5) is 16.8. The summed E-state index contributed by atoms with van der Waals surface area (Å²) >= 11 is 0. The van der Waals surface area contributed by atoms with Crippen LogP contribution in [0.5, 0.6) is 0 Å². The third-order valence-electron chi connectivity index (χ3n) is 4.01. The van der Waals surface area contributed by atoms with E-state index in [-0.39, 0.29) is 36.3 Å². The van der Waals surface area contributed by atoms with Gasteiger partial charge in [0.2, 0.25) is 5.95 Å². The number of hydrogen-bond donors (Lipinski definition) is 1. The van der Waals surface area contributed by atoms with Crippen LogP contribution in [0.4, 0.5) is 5.95 Å². The van der Waals surface area contributed by atoms with Gasteiger partial charge in [-0.25, -0.2) is 18.4 Å². The predicted octanol–water partition coefficient (Wildman–Crippen LogP) is 0.745. The maximum Gasteiger partial charge on any atom is 0.225 e. The van der Waals surface area contributed by atoms with Gasteiger partial charge in [0.1, 0.15) is 0 Å². The number of rotatable bonds is 4. The van der Waals surface area contributed by atoms with E-state index in [9.17, 15) is 8.42 Å². The van der Waals surface area contributed by atoms with Gasteiger partial charge in [-0.3, -0.25) is 4.99 Å². The topological polar surface area (TPSA) is 105 Å². The van der Waals surface area contributed by atoms with Crippen molar-refractivity contribution in [2.24, 2.45) is 10.7 Å². The van der Waals surface area contributed by atoms with E-state index >= 15 is 0 Å². The van der Waals surface area contributed by atoms with Gasteiger partial charge >= 0.3 is 0 Å². The van der Waals surface area contributed by atoms with Crippen LogP contribution in [0.25, 0.3) is 0 Å². The molecule has 0 spiro atoms. The number of anilines is 1. The largest absolute Gasteiger partial charge is 0.370 e. The lowest BCUT2D eigenvalue weighted by Gasteiger charge is -2.35. The molecule has 1 fully saturated rings. The van der Waals surface area contributed by atoms with Gasteiger partial charge in [0.05, 0.1) is 17.0 Å². The van der Waals surface area contributed by atoms with Crippen molar-refractivity contribution in [3.8, 4) is 0 Å². The van der Waals surface area contributed by atoms with Gasteiger partial charge in [0, 0.05) is 38.6 Å². The van der Waals surface area contributed by atoms with E-state index < -0.39 is 14.6 Å². The van der Waals surface area contributed by atoms with Gasteiger partial charge in [0.15, 0.2) is 15.8 Å². The van der Waals surface area contributed by atoms with Crippen molar-refractivity contribution in [2.45, 2.75) is 25.5 Å². The molecule has 1 aliphatic rings. The van der Waals surface area contributed by atoms with Gasteiger partial charge in [-0.15, -0.1) is 24.0 Å². The number of sulfone groups is 1. The monoisotopic (exact) mass is 482 g/mol. The molecule has 1 aromatic rings. The fourth-order valence-electron chi connectivity index (χ4n) is 2.28. The molecular formula is C15H27IN6O2S. The second kappa shape index (κ2) is 8.97. The van der Waals surface area contributed by atoms with Crippen LogP contribution in [-0.2, 0) is 9.84 Å². The normalized spacial score (nSPS) is 16.5. The van der Waals surface area contributed by atoms with Crippen LogP contribution in [0, 0.1) is 0 Å². The third-order valence-corrected chi connectivity index (χ3v) is 6.59. The van der Waals surface area contributed by atoms with Crippen molar-refractivity contribution in [2.75, 3.05) is 43.4 Å². The van der Waals surface area contributed by atoms with E-state index in [0.29, 0.717) is 25.0 Å². The Bertz CT molecular complexity index is 667. The summed E-state index contributed by atoms with van der Waals surface area (Å²) in [5.74, 6) is 1.12. The number of piperazine rings is 1. The second-order valence-electron chi connectivity index (χ2n) is 6.69. The van der Waals surface area contributed by atoms with Crippen LogP contribution in [0.1, 0.15) is 20.8 Å². The van der Waals surface area contributed by atoms with E-state index in [1.165, 1.54) is 0 Å². The maximum atomic E-state index is 12.1. The Hall–Kier alpha value is -1.17. The van der Waals surface area contributed by atoms with Crippen molar-refractivity contribution < 1.29 is 8.42 Å². The summed E-state index contributed by atoms with van der Waals surface area (Å²) < 4.78 is 23.4. The minimum absolute atomic E-state index is 0. The highest BCUT2D eigenvalue weighted by Gasteiger charge is 2.28. The maximum absolute atomic E-state index is 12.1. The predicted molar refractivity (Wildman–Crippen MR) is 111 cm³/mol. The number of aliphatic imine (C=N–C) groups is 1. The van der Waals surface area contributed by atoms with E-state index in [2.05, 4.69) is 19.9 Å². The lowest BCUT2D eigenvalue weighted by molar-refractivity contribution is 0.378. The fraction of sp³-hybridized carbons (Fsp3) is 0.667. The van der Waals surface area contributed by atoms with E-state index in [1.807, 2.05) is 4.90 Å². The molecule has 0 saturated carbocycles. The van der Waals surface area contributed by atoms with Gasteiger partial charge < -0.3 is 15.5 Å². The molecule has 10 heteroatoms. The van der Waals surface area contributed by atoms with Crippen molar-refractivity contribution in [3.05, 3.63) is 18.5 Å². The fourth-order valence-corrected chi connectivity index (χ4v) is 3.22. The third kappa shape index (κ3) is 5.94. The summed E-state index contributed by atoms with van der Waals surface area (Å²) in [5, 5.41) is 0. The van der Waals surface area contributed by atoms with Crippen LogP contribution in [0.3, 0.4) is 0 Å². The first-order valence-electron chi connectivity index (χ1n) is 8.00. The van der Waals surface area contributed by atoms with Crippen LogP contribution < -0.4 is 10.6 Å². The zero-order chi connectivity index (χ0) is 17.8. The molecule has 2 N–H and O–H groups in total. The van der Waals surface area contributed by atoms with Crippen molar-refractivity contribution >= 4 is 45.7 Å². The Morgan fingerprint density at radius 2 is 1.76 bits per heavy atom. The molecular weight excluding hydrogens is 455 g/mol. The minimum Gasteiger partial charge on any atom is -0.370 e. The molecule has 0 bridgehead atoms. The van der Waals surface area contributed by atoms with Crippen molar-refractivity contribution in [1.29, 1.82) is 0 Å². The zero-order valence-electron chi connectivity index (χ0n) is 14.9. The first-order chi connectivity index (χ1) is 11.2. The lowest BCUT2D eigenvalue weighted by Crippen LogP contribution is -2.51. The Morgan fingerprint density at radius 1 is 1.20 bits per heavy atom. The summed E-state index contributed by atoms with van der Waals surface area (Å²) in [6, 6.07) is 1.79. The molecule has 0 aliphatic carbocycles. The van der Waals surface area contributed by atoms with Crippen LogP contribution in [0.2, 0.25) is 0 Å². The van der Waals surface area contributed by atoms with Crippen molar-refractivity contribution in [3.63, 3.8) is 0 Å². The lowest BCUT2D eigenvalue weighted by atomic mass is 10.3. The van der Waals surface area contributed by atoms with Gasteiger partial charge in [0.25, 0.3) is 0 Å². The Kier molecular flexibility index (Phi) is 7.85. The first kappa shape index (κ1) is 21.9. The van der Waals surface area contributed by atoms with Gasteiger partial charge in [-0.05, 0) is 26.8 Å². The molecule has 0 unspecified atom stereocenters. The number of hydrogen-bond acceptors (Lipinski definition) is 6. The standard InChI is InChI=1S/C15H26N6O2S.HI/c1-15(2,3)24(22,23)12-7-17-13(16)20-8-10-21(11-9-20)14-18-5-4-6-19-14;/h4-6H,7-12H2,1-3H3,(H2,16,17);1H. The van der Waals surface area contributed by atoms with Crippen LogP contribution in [0.15, 0.2) is 23.5 Å². The summed E-state index contributed by atoms with van der Waals surface area (Å²) in [6.07, 6.45) is 3.44. The highest BCUT2D eigenvalue weighted by Crippen LogP contribution is 2.15. The Labute approximate surface area is 166 Å². The van der Waals surface area contributed by atoms with Gasteiger partial charge in [-0.2, -0.15) is 0 Å². The van der Waals surface area contributed by atoms with E-state index in [0.717, 1.165) is 13.1 Å². The molecule has 2 rings (SSSR count). The molecule has 1 aromatic heterocycles. The molecule has 1 saturated heterocycles. The number of nitrogens with two attached hydrogens (primary N) is 1. The molecule has 0 aromatic carbocycles. The first-order valence-corrected chi connectivity index (χ1v) is 9.65. The molecule has 25 heavy (non-hydrogen) atoms. The highest BCUT2D eigenvalue weighted by atomic mass is 127. The summed E-state index contributed by atoms with van der Waals surface area (Å²) in [6.45, 7) is 8.19. The average Bonchev–Trinajstić information content (AvgIpc) is 2.54. The SMILES string of the molecule is CC(C)(C)S(=O)(=O)CCN=C(N)N1CCN(c2ncccn2)CC1.I. The summed E-state index contributed by atoms with van der Waals surface area (Å²) in [5.41, 5.74) is 6.00. The molecule has 0 amide bonds. The number of guanidine groups is 1. The van der Waals surface area contributed by atoms with Gasteiger partial charge in [-0.1, -0.05) is 0 Å². The second-order valence-corrected chi connectivity index (χ2v) is 9.56. The van der Waals surface area contributed by atoms with Crippen LogP contribution in [-0.4, -0.2) is 72.5 Å². The number of aromatic nitrogens is 2. The average molecular weight is 482 g/mol. The zero-order valence-corrected chi connectivity index (χ0v) is 18.1. The van der Waals surface area contributed by atoms with Crippen LogP contribution >= 0.6 is 24.0 Å². The number of nitrogens with zero attached hydrogens (tertiary/aromatic N) is 5. The molecule has 1 aliphatic heterocycles. The number of halogens is 1. The molecule has 8 nitrogen and oxygen atoms in total. The Morgan fingerprint density at radius 3 is 2.28 bits per heavy atom. The van der Waals surface area contributed by atoms with E-state index in [1.54, 1.807) is 39.2 Å². The van der Waals surface area contributed by atoms with Crippen molar-refractivity contribution in [1.82, 2.24) is 14.9 Å². The highest BCUT2D eigenvalue weighted by molar-refractivity contribution is 14.0. The van der Waals surface area contributed by atoms with E-state index in [4.69, 9.17) is 5.73 Å². The quantitative estimate of drug-likeness (QED) is 0.384. The smallest absolute Gasteiger partial charge is 0.225 e.